The summed E-state index contributed by atoms with van der Waals surface area (Å²) in [5.74, 6) is -0.133. The molecule has 0 unspecified atom stereocenters. The number of anilines is 1. The highest BCUT2D eigenvalue weighted by Gasteiger charge is 2.11. The van der Waals surface area contributed by atoms with Gasteiger partial charge in [-0.25, -0.2) is 9.78 Å². The minimum absolute atomic E-state index is 0.0861. The smallest absolute Gasteiger partial charge is 0.321 e. The van der Waals surface area contributed by atoms with Gasteiger partial charge in [0.1, 0.15) is 5.82 Å². The normalized spacial score (nSPS) is 10.3. The van der Waals surface area contributed by atoms with Crippen molar-refractivity contribution in [2.45, 2.75) is 6.42 Å². The van der Waals surface area contributed by atoms with Crippen LogP contribution in [0.2, 0.25) is 0 Å². The quantitative estimate of drug-likeness (QED) is 0.884. The summed E-state index contributed by atoms with van der Waals surface area (Å²) in [6.07, 6.45) is 3.47. The van der Waals surface area contributed by atoms with Crippen LogP contribution >= 0.6 is 0 Å². The highest BCUT2D eigenvalue weighted by molar-refractivity contribution is 5.90. The Kier molecular flexibility index (Phi) is 4.77. The monoisotopic (exact) mass is 302 g/mol. The minimum Gasteiger partial charge on any atom is -0.481 e. The molecule has 2 N–H and O–H groups in total. The number of nitrogens with zero attached hydrogens (tertiary/aromatic N) is 3. The predicted molar refractivity (Wildman–Crippen MR) is 82.5 cm³/mol. The number of aryl methyl sites for hydroxylation is 1. The lowest BCUT2D eigenvalue weighted by Gasteiger charge is -2.17. The maximum absolute atomic E-state index is 12.0. The fourth-order valence-corrected chi connectivity index (χ4v) is 1.96. The van der Waals surface area contributed by atoms with Crippen molar-refractivity contribution in [3.05, 3.63) is 36.7 Å². The number of hydrogen-bond acceptors (Lipinski definition) is 3. The second kappa shape index (κ2) is 6.75. The summed E-state index contributed by atoms with van der Waals surface area (Å²) in [4.78, 5) is 28.1. The Hall–Kier alpha value is -2.83. The van der Waals surface area contributed by atoms with Gasteiger partial charge in [0.15, 0.2) is 0 Å². The van der Waals surface area contributed by atoms with Crippen LogP contribution in [0.3, 0.4) is 0 Å². The van der Waals surface area contributed by atoms with E-state index in [9.17, 15) is 9.59 Å². The van der Waals surface area contributed by atoms with Crippen LogP contribution in [-0.4, -0.2) is 45.2 Å². The minimum atomic E-state index is -0.934. The fraction of sp³-hybridized carbons (Fsp3) is 0.267. The Morgan fingerprint density at radius 2 is 2.18 bits per heavy atom. The number of carboxylic acids is 1. The first-order chi connectivity index (χ1) is 10.5. The van der Waals surface area contributed by atoms with Gasteiger partial charge in [-0.3, -0.25) is 4.79 Å². The van der Waals surface area contributed by atoms with Crippen LogP contribution < -0.4 is 5.32 Å². The molecule has 0 spiro atoms. The Morgan fingerprint density at radius 1 is 1.41 bits per heavy atom. The third kappa shape index (κ3) is 3.85. The molecule has 116 valence electrons. The molecule has 0 saturated heterocycles. The van der Waals surface area contributed by atoms with Crippen LogP contribution in [0.25, 0.3) is 11.4 Å². The summed E-state index contributed by atoms with van der Waals surface area (Å²) in [7, 11) is 3.45. The molecule has 0 fully saturated rings. The van der Waals surface area contributed by atoms with Gasteiger partial charge in [-0.1, -0.05) is 12.1 Å². The first-order valence-electron chi connectivity index (χ1n) is 6.79. The molecule has 7 nitrogen and oxygen atoms in total. The Balaban J connectivity index is 2.06. The number of hydrogen-bond donors (Lipinski definition) is 2. The molecule has 0 aliphatic carbocycles. The van der Waals surface area contributed by atoms with Gasteiger partial charge < -0.3 is 19.9 Å². The van der Waals surface area contributed by atoms with Crippen LogP contribution in [0.5, 0.6) is 0 Å². The summed E-state index contributed by atoms with van der Waals surface area (Å²) in [5, 5.41) is 11.4. The molecule has 1 heterocycles. The molecule has 0 atom stereocenters. The number of aliphatic carboxylic acids is 1. The molecular formula is C15H18N4O3. The van der Waals surface area contributed by atoms with Gasteiger partial charge in [0, 0.05) is 44.3 Å². The number of benzene rings is 1. The van der Waals surface area contributed by atoms with E-state index >= 15 is 0 Å². The molecule has 0 aliphatic rings. The van der Waals surface area contributed by atoms with Crippen molar-refractivity contribution in [3.63, 3.8) is 0 Å². The van der Waals surface area contributed by atoms with Crippen LogP contribution in [0.1, 0.15) is 6.42 Å². The van der Waals surface area contributed by atoms with E-state index in [1.807, 2.05) is 36.0 Å². The van der Waals surface area contributed by atoms with Gasteiger partial charge in [-0.15, -0.1) is 0 Å². The fourth-order valence-electron chi connectivity index (χ4n) is 1.96. The second-order valence-corrected chi connectivity index (χ2v) is 4.94. The van der Waals surface area contributed by atoms with E-state index in [2.05, 4.69) is 10.3 Å². The molecule has 2 rings (SSSR count). The lowest BCUT2D eigenvalue weighted by molar-refractivity contribution is -0.137. The van der Waals surface area contributed by atoms with Crippen molar-refractivity contribution < 1.29 is 14.7 Å². The third-order valence-corrected chi connectivity index (χ3v) is 3.20. The summed E-state index contributed by atoms with van der Waals surface area (Å²) in [6.45, 7) is 0.153. The number of carboxylic acid groups (broad SMARTS) is 1. The van der Waals surface area contributed by atoms with E-state index in [-0.39, 0.29) is 19.0 Å². The third-order valence-electron chi connectivity index (χ3n) is 3.20. The Labute approximate surface area is 128 Å². The van der Waals surface area contributed by atoms with Gasteiger partial charge in [0.25, 0.3) is 0 Å². The first-order valence-corrected chi connectivity index (χ1v) is 6.79. The van der Waals surface area contributed by atoms with Gasteiger partial charge in [-0.05, 0) is 12.1 Å². The topological polar surface area (TPSA) is 87.5 Å². The highest BCUT2D eigenvalue weighted by Crippen LogP contribution is 2.20. The van der Waals surface area contributed by atoms with Crippen LogP contribution in [0, 0.1) is 0 Å². The van der Waals surface area contributed by atoms with Crippen molar-refractivity contribution in [3.8, 4) is 11.4 Å². The number of carbonyl (C=O) groups is 2. The van der Waals surface area contributed by atoms with E-state index in [0.29, 0.717) is 5.69 Å². The average molecular weight is 302 g/mol. The molecule has 0 saturated carbocycles. The molecule has 1 aromatic heterocycles. The van der Waals surface area contributed by atoms with E-state index in [1.165, 1.54) is 4.90 Å². The zero-order chi connectivity index (χ0) is 16.1. The average Bonchev–Trinajstić information content (AvgIpc) is 2.91. The van der Waals surface area contributed by atoms with E-state index in [1.54, 1.807) is 19.3 Å². The largest absolute Gasteiger partial charge is 0.481 e. The number of amides is 2. The number of carbonyl (C=O) groups excluding carboxylic acids is 1. The molecule has 0 aliphatic heterocycles. The van der Waals surface area contributed by atoms with E-state index in [4.69, 9.17) is 5.11 Å². The van der Waals surface area contributed by atoms with Crippen molar-refractivity contribution in [1.29, 1.82) is 0 Å². The summed E-state index contributed by atoms with van der Waals surface area (Å²) in [5.41, 5.74) is 1.52. The zero-order valence-corrected chi connectivity index (χ0v) is 12.5. The number of imidazole rings is 1. The van der Waals surface area contributed by atoms with Gasteiger partial charge >= 0.3 is 12.0 Å². The summed E-state index contributed by atoms with van der Waals surface area (Å²) >= 11 is 0. The summed E-state index contributed by atoms with van der Waals surface area (Å²) in [6, 6.07) is 6.99. The van der Waals surface area contributed by atoms with Crippen molar-refractivity contribution in [2.75, 3.05) is 18.9 Å². The highest BCUT2D eigenvalue weighted by atomic mass is 16.4. The SMILES string of the molecule is CN(CCC(=O)O)C(=O)Nc1cccc(-c2nccn2C)c1. The molecular weight excluding hydrogens is 284 g/mol. The number of aromatic nitrogens is 2. The van der Waals surface area contributed by atoms with Crippen LogP contribution in [0.15, 0.2) is 36.7 Å². The Bertz CT molecular complexity index is 681. The molecule has 7 heteroatoms. The van der Waals surface area contributed by atoms with Crippen LogP contribution in [-0.2, 0) is 11.8 Å². The van der Waals surface area contributed by atoms with Crippen molar-refractivity contribution >= 4 is 17.7 Å². The lowest BCUT2D eigenvalue weighted by atomic mass is 10.2. The molecule has 2 aromatic rings. The second-order valence-electron chi connectivity index (χ2n) is 4.94. The van der Waals surface area contributed by atoms with Crippen molar-refractivity contribution in [1.82, 2.24) is 14.5 Å². The number of urea groups is 1. The molecule has 22 heavy (non-hydrogen) atoms. The van der Waals surface area contributed by atoms with Crippen LogP contribution in [0.4, 0.5) is 10.5 Å². The van der Waals surface area contributed by atoms with E-state index < -0.39 is 5.97 Å². The van der Waals surface area contributed by atoms with Crippen molar-refractivity contribution in [2.24, 2.45) is 7.05 Å². The zero-order valence-electron chi connectivity index (χ0n) is 12.5. The standard InChI is InChI=1S/C15H18N4O3/c1-18-9-7-16-14(18)11-4-3-5-12(10-11)17-15(22)19(2)8-6-13(20)21/h3-5,7,9-10H,6,8H2,1-2H3,(H,17,22)(H,20,21). The first kappa shape index (κ1) is 15.6. The van der Waals surface area contributed by atoms with Gasteiger partial charge in [-0.2, -0.15) is 0 Å². The molecule has 1 aromatic carbocycles. The predicted octanol–water partition coefficient (Wildman–Crippen LogP) is 2.03. The number of nitrogens with one attached hydrogen (secondary N) is 1. The molecule has 2 amide bonds. The summed E-state index contributed by atoms with van der Waals surface area (Å²) < 4.78 is 1.89. The molecule has 0 bridgehead atoms. The maximum atomic E-state index is 12.0. The molecule has 0 radical (unpaired) electrons. The van der Waals surface area contributed by atoms with Gasteiger partial charge in [0.05, 0.1) is 6.42 Å². The maximum Gasteiger partial charge on any atom is 0.321 e. The van der Waals surface area contributed by atoms with Gasteiger partial charge in [0.2, 0.25) is 0 Å². The van der Waals surface area contributed by atoms with E-state index in [0.717, 1.165) is 11.4 Å². The lowest BCUT2D eigenvalue weighted by Crippen LogP contribution is -2.33. The Morgan fingerprint density at radius 3 is 2.82 bits per heavy atom. The number of rotatable bonds is 5.